The van der Waals surface area contributed by atoms with Crippen LogP contribution in [0.4, 0.5) is 5.69 Å². The van der Waals surface area contributed by atoms with Crippen molar-refractivity contribution in [3.8, 4) is 11.5 Å². The normalized spacial score (nSPS) is 17.1. The second-order valence-corrected chi connectivity index (χ2v) is 7.67. The van der Waals surface area contributed by atoms with E-state index in [1.54, 1.807) is 6.07 Å². The van der Waals surface area contributed by atoms with Crippen LogP contribution in [-0.2, 0) is 11.3 Å². The van der Waals surface area contributed by atoms with Crippen LogP contribution in [0.15, 0.2) is 36.4 Å². The van der Waals surface area contributed by atoms with E-state index in [1.807, 2.05) is 30.3 Å². The van der Waals surface area contributed by atoms with Crippen LogP contribution in [0, 0.1) is 5.92 Å². The van der Waals surface area contributed by atoms with Crippen LogP contribution >= 0.6 is 23.2 Å². The smallest absolute Gasteiger partial charge is 0.231 e. The van der Waals surface area contributed by atoms with Crippen molar-refractivity contribution < 1.29 is 14.3 Å². The average Bonchev–Trinajstić information content (AvgIpc) is 3.13. The lowest BCUT2D eigenvalue weighted by atomic mass is 9.95. The molecule has 142 valence electrons. The molecule has 1 N–H and O–H groups in total. The highest BCUT2D eigenvalue weighted by molar-refractivity contribution is 6.42. The number of hydrogen-bond acceptors (Lipinski definition) is 4. The van der Waals surface area contributed by atoms with Crippen molar-refractivity contribution in [1.82, 2.24) is 4.90 Å². The summed E-state index contributed by atoms with van der Waals surface area (Å²) in [6.45, 7) is 2.79. The Labute approximate surface area is 168 Å². The topological polar surface area (TPSA) is 50.8 Å². The molecular weight excluding hydrogens is 387 g/mol. The van der Waals surface area contributed by atoms with Crippen LogP contribution < -0.4 is 14.8 Å². The first-order chi connectivity index (χ1) is 13.1. The maximum atomic E-state index is 12.6. The van der Waals surface area contributed by atoms with Crippen molar-refractivity contribution in [2.75, 3.05) is 25.2 Å². The highest BCUT2D eigenvalue weighted by Gasteiger charge is 2.25. The summed E-state index contributed by atoms with van der Waals surface area (Å²) >= 11 is 12.1. The van der Waals surface area contributed by atoms with Crippen LogP contribution in [0.3, 0.4) is 0 Å². The highest BCUT2D eigenvalue weighted by atomic mass is 35.5. The number of ether oxygens (including phenoxy) is 2. The summed E-state index contributed by atoms with van der Waals surface area (Å²) in [5.41, 5.74) is 1.87. The third-order valence-corrected chi connectivity index (χ3v) is 5.73. The number of anilines is 1. The van der Waals surface area contributed by atoms with E-state index in [2.05, 4.69) is 10.2 Å². The summed E-state index contributed by atoms with van der Waals surface area (Å²) in [6.07, 6.45) is 1.66. The lowest BCUT2D eigenvalue weighted by Crippen LogP contribution is -2.37. The van der Waals surface area contributed by atoms with Crippen LogP contribution in [-0.4, -0.2) is 30.7 Å². The quantitative estimate of drug-likeness (QED) is 0.807. The molecule has 2 aromatic carbocycles. The number of carbonyl (C=O) groups is 1. The molecule has 5 nitrogen and oxygen atoms in total. The summed E-state index contributed by atoms with van der Waals surface area (Å²) < 4.78 is 10.6. The van der Waals surface area contributed by atoms with Gasteiger partial charge in [0.25, 0.3) is 0 Å². The van der Waals surface area contributed by atoms with E-state index < -0.39 is 0 Å². The zero-order chi connectivity index (χ0) is 18.8. The van der Waals surface area contributed by atoms with E-state index in [-0.39, 0.29) is 18.6 Å². The van der Waals surface area contributed by atoms with Crippen molar-refractivity contribution in [2.45, 2.75) is 19.4 Å². The molecule has 0 bridgehead atoms. The summed E-state index contributed by atoms with van der Waals surface area (Å²) in [5, 5.41) is 4.14. The number of fused-ring (bicyclic) bond motifs is 1. The second-order valence-electron chi connectivity index (χ2n) is 6.86. The highest BCUT2D eigenvalue weighted by Crippen LogP contribution is 2.34. The SMILES string of the molecule is O=C(Nc1ccc2c(c1)OCO2)C1CCN(Cc2ccc(Cl)c(Cl)c2)CC1. The van der Waals surface area contributed by atoms with Gasteiger partial charge in [0.15, 0.2) is 11.5 Å². The molecule has 2 aromatic rings. The molecule has 0 radical (unpaired) electrons. The van der Waals surface area contributed by atoms with Gasteiger partial charge in [0, 0.05) is 24.2 Å². The third kappa shape index (κ3) is 4.32. The van der Waals surface area contributed by atoms with Gasteiger partial charge in [0.05, 0.1) is 10.0 Å². The number of nitrogens with zero attached hydrogens (tertiary/aromatic N) is 1. The molecule has 1 fully saturated rings. The van der Waals surface area contributed by atoms with Gasteiger partial charge in [-0.1, -0.05) is 29.3 Å². The number of likely N-dealkylation sites (tertiary alicyclic amines) is 1. The van der Waals surface area contributed by atoms with Gasteiger partial charge >= 0.3 is 0 Å². The van der Waals surface area contributed by atoms with Crippen LogP contribution in [0.25, 0.3) is 0 Å². The molecule has 0 aromatic heterocycles. The van der Waals surface area contributed by atoms with Gasteiger partial charge in [0.2, 0.25) is 12.7 Å². The Morgan fingerprint density at radius 1 is 1.04 bits per heavy atom. The first kappa shape index (κ1) is 18.4. The van der Waals surface area contributed by atoms with E-state index >= 15 is 0 Å². The number of nitrogens with one attached hydrogen (secondary N) is 1. The Kier molecular flexibility index (Phi) is 5.43. The Bertz CT molecular complexity index is 851. The number of halogens is 2. The Hall–Kier alpha value is -1.95. The maximum Gasteiger partial charge on any atom is 0.231 e. The third-order valence-electron chi connectivity index (χ3n) is 4.99. The molecule has 7 heteroatoms. The molecule has 0 aliphatic carbocycles. The zero-order valence-electron chi connectivity index (χ0n) is 14.7. The largest absolute Gasteiger partial charge is 0.454 e. The maximum absolute atomic E-state index is 12.6. The summed E-state index contributed by atoms with van der Waals surface area (Å²) in [7, 11) is 0. The number of amides is 1. The predicted molar refractivity (Wildman–Crippen MR) is 106 cm³/mol. The number of benzene rings is 2. The minimum atomic E-state index is 0.0143. The number of hydrogen-bond donors (Lipinski definition) is 1. The van der Waals surface area contributed by atoms with Crippen LogP contribution in [0.1, 0.15) is 18.4 Å². The molecule has 0 unspecified atom stereocenters. The minimum Gasteiger partial charge on any atom is -0.454 e. The molecule has 2 aliphatic rings. The Balaban J connectivity index is 1.29. The van der Waals surface area contributed by atoms with Gasteiger partial charge in [-0.2, -0.15) is 0 Å². The number of rotatable bonds is 4. The predicted octanol–water partition coefficient (Wildman–Crippen LogP) is 4.57. The molecule has 2 aliphatic heterocycles. The van der Waals surface area contributed by atoms with E-state index in [9.17, 15) is 4.79 Å². The molecular formula is C20H20Cl2N2O3. The van der Waals surface area contributed by atoms with Crippen molar-refractivity contribution >= 4 is 34.8 Å². The first-order valence-corrected chi connectivity index (χ1v) is 9.71. The molecule has 0 spiro atoms. The molecule has 0 atom stereocenters. The van der Waals surface area contributed by atoms with Gasteiger partial charge in [-0.15, -0.1) is 0 Å². The average molecular weight is 407 g/mol. The van der Waals surface area contributed by atoms with E-state index in [0.717, 1.165) is 43.7 Å². The lowest BCUT2D eigenvalue weighted by molar-refractivity contribution is -0.121. The van der Waals surface area contributed by atoms with Crippen molar-refractivity contribution in [3.05, 3.63) is 52.0 Å². The van der Waals surface area contributed by atoms with Crippen molar-refractivity contribution in [1.29, 1.82) is 0 Å². The fourth-order valence-electron chi connectivity index (χ4n) is 3.47. The Morgan fingerprint density at radius 3 is 2.59 bits per heavy atom. The molecule has 1 amide bonds. The summed E-state index contributed by atoms with van der Waals surface area (Å²) in [6, 6.07) is 11.2. The van der Waals surface area contributed by atoms with E-state index in [0.29, 0.717) is 21.5 Å². The van der Waals surface area contributed by atoms with Gasteiger partial charge in [-0.25, -0.2) is 0 Å². The van der Waals surface area contributed by atoms with Gasteiger partial charge in [-0.05, 0) is 55.8 Å². The van der Waals surface area contributed by atoms with Crippen LogP contribution in [0.5, 0.6) is 11.5 Å². The molecule has 1 saturated heterocycles. The minimum absolute atomic E-state index is 0.0143. The second kappa shape index (κ2) is 7.97. The Morgan fingerprint density at radius 2 is 1.81 bits per heavy atom. The standard InChI is InChI=1S/C20H20Cl2N2O3/c21-16-3-1-13(9-17(16)22)11-24-7-5-14(6-8-24)20(25)23-15-2-4-18-19(10-15)27-12-26-18/h1-4,9-10,14H,5-8,11-12H2,(H,23,25). The summed E-state index contributed by atoms with van der Waals surface area (Å²) in [4.78, 5) is 14.9. The van der Waals surface area contributed by atoms with Crippen LogP contribution in [0.2, 0.25) is 10.0 Å². The zero-order valence-corrected chi connectivity index (χ0v) is 16.2. The summed E-state index contributed by atoms with van der Waals surface area (Å²) in [5.74, 6) is 1.45. The fourth-order valence-corrected chi connectivity index (χ4v) is 3.79. The first-order valence-electron chi connectivity index (χ1n) is 8.95. The molecule has 4 rings (SSSR count). The molecule has 2 heterocycles. The van der Waals surface area contributed by atoms with Crippen molar-refractivity contribution in [3.63, 3.8) is 0 Å². The van der Waals surface area contributed by atoms with Gasteiger partial charge < -0.3 is 14.8 Å². The van der Waals surface area contributed by atoms with E-state index in [1.165, 1.54) is 0 Å². The lowest BCUT2D eigenvalue weighted by Gasteiger charge is -2.31. The monoisotopic (exact) mass is 406 g/mol. The number of piperidine rings is 1. The van der Waals surface area contributed by atoms with E-state index in [4.69, 9.17) is 32.7 Å². The van der Waals surface area contributed by atoms with Gasteiger partial charge in [-0.3, -0.25) is 9.69 Å². The van der Waals surface area contributed by atoms with Crippen molar-refractivity contribution in [2.24, 2.45) is 5.92 Å². The van der Waals surface area contributed by atoms with Gasteiger partial charge in [0.1, 0.15) is 0 Å². The number of carbonyl (C=O) groups excluding carboxylic acids is 1. The fraction of sp³-hybridized carbons (Fsp3) is 0.350. The molecule has 0 saturated carbocycles. The molecule has 27 heavy (non-hydrogen) atoms.